The summed E-state index contributed by atoms with van der Waals surface area (Å²) in [6.07, 6.45) is 3.77. The minimum atomic E-state index is -0.0701. The predicted molar refractivity (Wildman–Crippen MR) is 72.6 cm³/mol. The fourth-order valence-corrected chi connectivity index (χ4v) is 3.48. The standard InChI is InChI=1S/C11H13N3O2S2/c1-17-11-14-9-7(18-11)10(15)13-8(12-9)6-2-4-16-5-3-6/h6H,2-5H2,1H3,(H,12,13,15). The highest BCUT2D eigenvalue weighted by Gasteiger charge is 2.20. The van der Waals surface area contributed by atoms with Crippen molar-refractivity contribution in [2.24, 2.45) is 0 Å². The lowest BCUT2D eigenvalue weighted by atomic mass is 9.99. The first kappa shape index (κ1) is 12.1. The van der Waals surface area contributed by atoms with Crippen molar-refractivity contribution in [1.82, 2.24) is 15.0 Å². The molecule has 2 aromatic rings. The highest BCUT2D eigenvalue weighted by atomic mass is 32.2. The minimum Gasteiger partial charge on any atom is -0.381 e. The molecule has 0 spiro atoms. The number of nitrogens with one attached hydrogen (secondary N) is 1. The summed E-state index contributed by atoms with van der Waals surface area (Å²) in [5, 5.41) is 0. The summed E-state index contributed by atoms with van der Waals surface area (Å²) < 4.78 is 6.83. The molecule has 1 fully saturated rings. The Morgan fingerprint density at radius 2 is 2.17 bits per heavy atom. The van der Waals surface area contributed by atoms with Crippen molar-refractivity contribution in [3.63, 3.8) is 0 Å². The molecule has 2 aromatic heterocycles. The Bertz CT molecular complexity index is 616. The van der Waals surface area contributed by atoms with Crippen LogP contribution in [-0.4, -0.2) is 34.4 Å². The maximum absolute atomic E-state index is 12.0. The number of nitrogens with zero attached hydrogens (tertiary/aromatic N) is 2. The minimum absolute atomic E-state index is 0.0701. The molecule has 5 nitrogen and oxygen atoms in total. The molecule has 0 bridgehead atoms. The molecule has 1 aliphatic rings. The van der Waals surface area contributed by atoms with Gasteiger partial charge >= 0.3 is 0 Å². The number of H-pyrrole nitrogens is 1. The fraction of sp³-hybridized carbons (Fsp3) is 0.545. The Hall–Kier alpha value is -0.920. The van der Waals surface area contributed by atoms with Gasteiger partial charge in [-0.25, -0.2) is 9.97 Å². The maximum Gasteiger partial charge on any atom is 0.270 e. The summed E-state index contributed by atoms with van der Waals surface area (Å²) in [7, 11) is 0. The second-order valence-electron chi connectivity index (χ2n) is 4.17. The van der Waals surface area contributed by atoms with Gasteiger partial charge in [0.15, 0.2) is 9.99 Å². The normalized spacial score (nSPS) is 17.4. The lowest BCUT2D eigenvalue weighted by molar-refractivity contribution is 0.0836. The molecule has 3 heterocycles. The average molecular weight is 283 g/mol. The number of aromatic amines is 1. The number of thiazole rings is 1. The van der Waals surface area contributed by atoms with Gasteiger partial charge in [0.05, 0.1) is 0 Å². The van der Waals surface area contributed by atoms with E-state index in [4.69, 9.17) is 4.74 Å². The van der Waals surface area contributed by atoms with E-state index < -0.39 is 0 Å². The van der Waals surface area contributed by atoms with E-state index >= 15 is 0 Å². The van der Waals surface area contributed by atoms with Crippen molar-refractivity contribution in [3.05, 3.63) is 16.2 Å². The van der Waals surface area contributed by atoms with E-state index in [0.29, 0.717) is 10.3 Å². The largest absolute Gasteiger partial charge is 0.381 e. The van der Waals surface area contributed by atoms with Crippen LogP contribution in [0.15, 0.2) is 9.13 Å². The van der Waals surface area contributed by atoms with Crippen LogP contribution in [0.25, 0.3) is 10.3 Å². The van der Waals surface area contributed by atoms with Crippen LogP contribution in [0.3, 0.4) is 0 Å². The Morgan fingerprint density at radius 1 is 1.39 bits per heavy atom. The van der Waals surface area contributed by atoms with Gasteiger partial charge in [-0.05, 0) is 19.1 Å². The third kappa shape index (κ3) is 2.17. The maximum atomic E-state index is 12.0. The zero-order chi connectivity index (χ0) is 12.5. The Labute approximate surface area is 112 Å². The van der Waals surface area contributed by atoms with E-state index in [1.165, 1.54) is 23.1 Å². The van der Waals surface area contributed by atoms with E-state index in [1.807, 2.05) is 6.26 Å². The van der Waals surface area contributed by atoms with Crippen molar-refractivity contribution in [2.75, 3.05) is 19.5 Å². The van der Waals surface area contributed by atoms with Gasteiger partial charge < -0.3 is 9.72 Å². The van der Waals surface area contributed by atoms with Crippen molar-refractivity contribution < 1.29 is 4.74 Å². The van der Waals surface area contributed by atoms with Crippen molar-refractivity contribution in [3.8, 4) is 0 Å². The van der Waals surface area contributed by atoms with Crippen LogP contribution in [0.2, 0.25) is 0 Å². The van der Waals surface area contributed by atoms with Gasteiger partial charge in [-0.1, -0.05) is 11.8 Å². The molecule has 0 aliphatic carbocycles. The third-order valence-corrected chi connectivity index (χ3v) is 5.07. The van der Waals surface area contributed by atoms with E-state index in [1.54, 1.807) is 0 Å². The first-order valence-electron chi connectivity index (χ1n) is 5.80. The highest BCUT2D eigenvalue weighted by molar-refractivity contribution is 8.00. The number of hydrogen-bond donors (Lipinski definition) is 1. The van der Waals surface area contributed by atoms with Crippen LogP contribution in [0.4, 0.5) is 0 Å². The van der Waals surface area contributed by atoms with Gasteiger partial charge in [-0.3, -0.25) is 4.79 Å². The first-order valence-corrected chi connectivity index (χ1v) is 7.84. The zero-order valence-corrected chi connectivity index (χ0v) is 11.6. The molecule has 0 amide bonds. The molecular formula is C11H13N3O2S2. The van der Waals surface area contributed by atoms with Crippen molar-refractivity contribution in [1.29, 1.82) is 0 Å². The summed E-state index contributed by atoms with van der Waals surface area (Å²) in [6.45, 7) is 1.47. The molecule has 1 N–H and O–H groups in total. The summed E-state index contributed by atoms with van der Waals surface area (Å²) in [5.41, 5.74) is 0.508. The first-order chi connectivity index (χ1) is 8.78. The smallest absolute Gasteiger partial charge is 0.270 e. The fourth-order valence-electron chi connectivity index (χ4n) is 2.08. The molecule has 0 saturated carbocycles. The quantitative estimate of drug-likeness (QED) is 0.854. The molecule has 3 rings (SSSR count). The summed E-state index contributed by atoms with van der Waals surface area (Å²) in [6, 6.07) is 0. The van der Waals surface area contributed by atoms with Gasteiger partial charge in [0, 0.05) is 19.1 Å². The van der Waals surface area contributed by atoms with Crippen LogP contribution in [0, 0.1) is 0 Å². The number of fused-ring (bicyclic) bond motifs is 1. The van der Waals surface area contributed by atoms with Gasteiger partial charge in [0.25, 0.3) is 5.56 Å². The average Bonchev–Trinajstić information content (AvgIpc) is 2.83. The summed E-state index contributed by atoms with van der Waals surface area (Å²) in [4.78, 5) is 23.8. The van der Waals surface area contributed by atoms with E-state index in [0.717, 1.165) is 36.2 Å². The van der Waals surface area contributed by atoms with Gasteiger partial charge in [-0.2, -0.15) is 0 Å². The van der Waals surface area contributed by atoms with Gasteiger partial charge in [-0.15, -0.1) is 11.3 Å². The molecular weight excluding hydrogens is 270 g/mol. The molecule has 0 radical (unpaired) electrons. The summed E-state index contributed by atoms with van der Waals surface area (Å²) in [5.74, 6) is 1.05. The molecule has 18 heavy (non-hydrogen) atoms. The van der Waals surface area contributed by atoms with E-state index in [-0.39, 0.29) is 11.5 Å². The van der Waals surface area contributed by atoms with Gasteiger partial charge in [0.1, 0.15) is 10.5 Å². The predicted octanol–water partition coefficient (Wildman–Crippen LogP) is 2.00. The number of ether oxygens (including phenoxy) is 1. The van der Waals surface area contributed by atoms with Crippen LogP contribution >= 0.6 is 23.1 Å². The lowest BCUT2D eigenvalue weighted by Gasteiger charge is -2.20. The molecule has 0 aromatic carbocycles. The van der Waals surface area contributed by atoms with E-state index in [9.17, 15) is 4.79 Å². The highest BCUT2D eigenvalue weighted by Crippen LogP contribution is 2.27. The second-order valence-corrected chi connectivity index (χ2v) is 6.23. The third-order valence-electron chi connectivity index (χ3n) is 3.05. The summed E-state index contributed by atoms with van der Waals surface area (Å²) >= 11 is 2.94. The van der Waals surface area contributed by atoms with Crippen molar-refractivity contribution >= 4 is 33.4 Å². The number of hydrogen-bond acceptors (Lipinski definition) is 6. The zero-order valence-electron chi connectivity index (χ0n) is 9.93. The topological polar surface area (TPSA) is 67.9 Å². The van der Waals surface area contributed by atoms with Crippen LogP contribution < -0.4 is 5.56 Å². The lowest BCUT2D eigenvalue weighted by Crippen LogP contribution is -2.20. The number of rotatable bonds is 2. The van der Waals surface area contributed by atoms with Crippen molar-refractivity contribution in [2.45, 2.75) is 23.1 Å². The molecule has 0 unspecified atom stereocenters. The Balaban J connectivity index is 2.05. The van der Waals surface area contributed by atoms with E-state index in [2.05, 4.69) is 15.0 Å². The van der Waals surface area contributed by atoms with Crippen LogP contribution in [0.5, 0.6) is 0 Å². The Morgan fingerprint density at radius 3 is 2.89 bits per heavy atom. The SMILES string of the molecule is CSc1nc2nc(C3CCOCC3)[nH]c(=O)c2s1. The monoisotopic (exact) mass is 283 g/mol. The Kier molecular flexibility index (Phi) is 3.36. The van der Waals surface area contributed by atoms with Gasteiger partial charge in [0.2, 0.25) is 0 Å². The molecule has 1 aliphatic heterocycles. The number of aromatic nitrogens is 3. The molecule has 7 heteroatoms. The molecule has 1 saturated heterocycles. The number of thioether (sulfide) groups is 1. The molecule has 0 atom stereocenters. The second kappa shape index (κ2) is 4.99. The van der Waals surface area contributed by atoms with Crippen LogP contribution in [0.1, 0.15) is 24.6 Å². The van der Waals surface area contributed by atoms with Crippen LogP contribution in [-0.2, 0) is 4.74 Å². The molecule has 96 valence electrons.